The second-order valence-electron chi connectivity index (χ2n) is 10.2. The molecule has 1 aromatic heterocycles. The minimum atomic E-state index is -0.537. The molecule has 1 fully saturated rings. The summed E-state index contributed by atoms with van der Waals surface area (Å²) >= 11 is 0. The number of nitriles is 1. The zero-order valence-electron chi connectivity index (χ0n) is 21.9. The van der Waals surface area contributed by atoms with Crippen molar-refractivity contribution in [3.8, 4) is 17.5 Å². The number of ketones is 1. The van der Waals surface area contributed by atoms with Crippen molar-refractivity contribution >= 4 is 34.6 Å². The van der Waals surface area contributed by atoms with E-state index in [1.807, 2.05) is 26.8 Å². The lowest BCUT2D eigenvalue weighted by molar-refractivity contribution is -0.123. The fourth-order valence-corrected chi connectivity index (χ4v) is 4.10. The number of hydrogen-bond acceptors (Lipinski definition) is 8. The maximum Gasteiger partial charge on any atom is 0.410 e. The van der Waals surface area contributed by atoms with E-state index < -0.39 is 5.60 Å². The SMILES string of the molecule is CC(=O)c1cc(C#N)cc2nc(-c3ccc(NC(=O)COC4CCN(C(=O)OC(C)(C)C)CC4)cc3)oc12. The van der Waals surface area contributed by atoms with Crippen LogP contribution in [0.5, 0.6) is 0 Å². The lowest BCUT2D eigenvalue weighted by Crippen LogP contribution is -2.43. The summed E-state index contributed by atoms with van der Waals surface area (Å²) in [6.07, 6.45) is 0.823. The van der Waals surface area contributed by atoms with Crippen molar-refractivity contribution in [1.29, 1.82) is 5.26 Å². The Bertz CT molecular complexity index is 1390. The van der Waals surface area contributed by atoms with Crippen molar-refractivity contribution in [2.24, 2.45) is 0 Å². The number of nitrogens with zero attached hydrogens (tertiary/aromatic N) is 3. The van der Waals surface area contributed by atoms with Gasteiger partial charge >= 0.3 is 6.09 Å². The average molecular weight is 519 g/mol. The Morgan fingerprint density at radius 2 is 1.84 bits per heavy atom. The lowest BCUT2D eigenvalue weighted by atomic mass is 10.1. The Kier molecular flexibility index (Phi) is 7.78. The molecule has 0 radical (unpaired) electrons. The molecule has 0 atom stereocenters. The van der Waals surface area contributed by atoms with Crippen LogP contribution in [-0.4, -0.2) is 59.1 Å². The van der Waals surface area contributed by atoms with Crippen molar-refractivity contribution in [3.63, 3.8) is 0 Å². The van der Waals surface area contributed by atoms with E-state index in [0.717, 1.165) is 0 Å². The molecule has 0 unspecified atom stereocenters. The quantitative estimate of drug-likeness (QED) is 0.454. The third-order valence-corrected chi connectivity index (χ3v) is 5.96. The van der Waals surface area contributed by atoms with Crippen LogP contribution in [0.3, 0.4) is 0 Å². The molecule has 1 aliphatic heterocycles. The van der Waals surface area contributed by atoms with Gasteiger partial charge in [-0.3, -0.25) is 9.59 Å². The number of aromatic nitrogens is 1. The number of oxazole rings is 1. The zero-order valence-corrected chi connectivity index (χ0v) is 21.9. The standard InChI is InChI=1S/C28H30N4O6/c1-17(33)22-13-18(15-29)14-23-25(22)37-26(31-23)19-5-7-20(8-6-19)30-24(34)16-36-21-9-11-32(12-10-21)27(35)38-28(2,3)4/h5-8,13-14,21H,9-12,16H2,1-4H3,(H,30,34). The van der Waals surface area contributed by atoms with Crippen LogP contribution in [0.1, 0.15) is 56.5 Å². The summed E-state index contributed by atoms with van der Waals surface area (Å²) in [6.45, 7) is 7.85. The number of hydrogen-bond donors (Lipinski definition) is 1. The molecule has 4 rings (SSSR count). The lowest BCUT2D eigenvalue weighted by Gasteiger charge is -2.33. The van der Waals surface area contributed by atoms with E-state index in [1.54, 1.807) is 35.2 Å². The van der Waals surface area contributed by atoms with Crippen LogP contribution in [0, 0.1) is 11.3 Å². The molecule has 1 aliphatic rings. The summed E-state index contributed by atoms with van der Waals surface area (Å²) in [5, 5.41) is 12.0. The van der Waals surface area contributed by atoms with Crippen LogP contribution in [0.4, 0.5) is 10.5 Å². The predicted octanol–water partition coefficient (Wildman–Crippen LogP) is 4.92. The Balaban J connectivity index is 1.30. The molecule has 2 aromatic carbocycles. The van der Waals surface area contributed by atoms with Crippen molar-refractivity contribution in [2.75, 3.05) is 25.0 Å². The van der Waals surface area contributed by atoms with Crippen molar-refractivity contribution in [1.82, 2.24) is 9.88 Å². The monoisotopic (exact) mass is 518 g/mol. The van der Waals surface area contributed by atoms with E-state index >= 15 is 0 Å². The minimum Gasteiger partial charge on any atom is -0.444 e. The Hall–Kier alpha value is -4.23. The van der Waals surface area contributed by atoms with Gasteiger partial charge in [0, 0.05) is 24.3 Å². The zero-order chi connectivity index (χ0) is 27.4. The van der Waals surface area contributed by atoms with Gasteiger partial charge in [-0.15, -0.1) is 0 Å². The van der Waals surface area contributed by atoms with Crippen LogP contribution >= 0.6 is 0 Å². The molecule has 198 valence electrons. The molecule has 1 saturated heterocycles. The van der Waals surface area contributed by atoms with Crippen LogP contribution in [0.25, 0.3) is 22.6 Å². The molecule has 10 heteroatoms. The van der Waals surface area contributed by atoms with E-state index in [1.165, 1.54) is 13.0 Å². The molecule has 2 heterocycles. The highest BCUT2D eigenvalue weighted by Crippen LogP contribution is 2.29. The van der Waals surface area contributed by atoms with E-state index in [-0.39, 0.29) is 30.5 Å². The molecule has 0 spiro atoms. The Morgan fingerprint density at radius 3 is 2.45 bits per heavy atom. The van der Waals surface area contributed by atoms with Crippen molar-refractivity contribution in [2.45, 2.75) is 52.2 Å². The molecular formula is C28H30N4O6. The summed E-state index contributed by atoms with van der Waals surface area (Å²) < 4.78 is 17.0. The van der Waals surface area contributed by atoms with Gasteiger partial charge in [-0.2, -0.15) is 5.26 Å². The van der Waals surface area contributed by atoms with Gasteiger partial charge in [-0.1, -0.05) is 0 Å². The Labute approximate surface area is 220 Å². The van der Waals surface area contributed by atoms with Crippen molar-refractivity contribution in [3.05, 3.63) is 47.5 Å². The maximum atomic E-state index is 12.4. The Morgan fingerprint density at radius 1 is 1.16 bits per heavy atom. The number of carbonyl (C=O) groups excluding carboxylic acids is 3. The summed E-state index contributed by atoms with van der Waals surface area (Å²) in [7, 11) is 0. The molecule has 3 aromatic rings. The number of carbonyl (C=O) groups is 3. The van der Waals surface area contributed by atoms with E-state index in [0.29, 0.717) is 65.3 Å². The highest BCUT2D eigenvalue weighted by atomic mass is 16.6. The summed E-state index contributed by atoms with van der Waals surface area (Å²) in [4.78, 5) is 42.7. The first kappa shape index (κ1) is 26.8. The van der Waals surface area contributed by atoms with Gasteiger partial charge in [-0.05, 0) is 76.9 Å². The van der Waals surface area contributed by atoms with Crippen molar-refractivity contribution < 1.29 is 28.3 Å². The smallest absolute Gasteiger partial charge is 0.410 e. The van der Waals surface area contributed by atoms with Gasteiger partial charge in [0.1, 0.15) is 17.7 Å². The average Bonchev–Trinajstić information content (AvgIpc) is 3.30. The number of amides is 2. The number of ether oxygens (including phenoxy) is 2. The number of rotatable bonds is 6. The highest BCUT2D eigenvalue weighted by molar-refractivity contribution is 6.05. The molecule has 0 bridgehead atoms. The second-order valence-corrected chi connectivity index (χ2v) is 10.2. The summed E-state index contributed by atoms with van der Waals surface area (Å²) in [5.41, 5.74) is 2.08. The number of anilines is 1. The summed E-state index contributed by atoms with van der Waals surface area (Å²) in [6, 6.07) is 12.0. The second kappa shape index (κ2) is 11.0. The van der Waals surface area contributed by atoms with E-state index in [2.05, 4.69) is 10.3 Å². The molecule has 0 aliphatic carbocycles. The fraction of sp³-hybridized carbons (Fsp3) is 0.393. The molecule has 2 amide bonds. The van der Waals surface area contributed by atoms with Gasteiger partial charge in [0.2, 0.25) is 11.8 Å². The topological polar surface area (TPSA) is 135 Å². The fourth-order valence-electron chi connectivity index (χ4n) is 4.10. The van der Waals surface area contributed by atoms with Gasteiger partial charge in [0.15, 0.2) is 11.4 Å². The van der Waals surface area contributed by atoms with E-state index in [9.17, 15) is 19.6 Å². The highest BCUT2D eigenvalue weighted by Gasteiger charge is 2.27. The van der Waals surface area contributed by atoms with Gasteiger partial charge in [0.25, 0.3) is 0 Å². The van der Waals surface area contributed by atoms with Gasteiger partial charge in [0.05, 0.1) is 23.3 Å². The van der Waals surface area contributed by atoms with Crippen LogP contribution < -0.4 is 5.32 Å². The summed E-state index contributed by atoms with van der Waals surface area (Å²) in [5.74, 6) is -0.204. The molecule has 38 heavy (non-hydrogen) atoms. The van der Waals surface area contributed by atoms with E-state index in [4.69, 9.17) is 13.9 Å². The first-order valence-electron chi connectivity index (χ1n) is 12.4. The van der Waals surface area contributed by atoms with Crippen LogP contribution in [0.2, 0.25) is 0 Å². The third kappa shape index (κ3) is 6.55. The number of Topliss-reactive ketones (excluding diaryl/α,β-unsaturated/α-hetero) is 1. The largest absolute Gasteiger partial charge is 0.444 e. The maximum absolute atomic E-state index is 12.4. The van der Waals surface area contributed by atoms with Gasteiger partial charge in [-0.25, -0.2) is 9.78 Å². The van der Waals surface area contributed by atoms with Crippen LogP contribution in [0.15, 0.2) is 40.8 Å². The number of benzene rings is 2. The molecule has 1 N–H and O–H groups in total. The number of fused-ring (bicyclic) bond motifs is 1. The molecule has 10 nitrogen and oxygen atoms in total. The van der Waals surface area contributed by atoms with Crippen LogP contribution in [-0.2, 0) is 14.3 Å². The number of piperidine rings is 1. The predicted molar refractivity (Wildman–Crippen MR) is 140 cm³/mol. The first-order valence-corrected chi connectivity index (χ1v) is 12.4. The minimum absolute atomic E-state index is 0.0982. The third-order valence-electron chi connectivity index (χ3n) is 5.96. The number of nitrogens with one attached hydrogen (secondary N) is 1. The number of likely N-dealkylation sites (tertiary alicyclic amines) is 1. The normalized spacial score (nSPS) is 14.2. The molecular weight excluding hydrogens is 488 g/mol. The molecule has 0 saturated carbocycles. The van der Waals surface area contributed by atoms with Gasteiger partial charge < -0.3 is 24.1 Å². The first-order chi connectivity index (χ1) is 18.0.